The van der Waals surface area contributed by atoms with Gasteiger partial charge in [0, 0.05) is 24.3 Å². The maximum Gasteiger partial charge on any atom is 0.263 e. The van der Waals surface area contributed by atoms with Crippen LogP contribution in [-0.2, 0) is 27.9 Å². The molecule has 3 aromatic carbocycles. The number of hydrogen-bond acceptors (Lipinski definition) is 5. The Bertz CT molecular complexity index is 1350. The first-order valence-corrected chi connectivity index (χ1v) is 11.6. The van der Waals surface area contributed by atoms with E-state index in [4.69, 9.17) is 4.74 Å². The topological polar surface area (TPSA) is 99.5 Å². The molecular weight excluding hydrogens is 445 g/mol. The summed E-state index contributed by atoms with van der Waals surface area (Å²) in [6, 6.07) is 18.4. The number of hydrogen-bond donors (Lipinski definition) is 1. The molecule has 33 heavy (non-hydrogen) atoms. The summed E-state index contributed by atoms with van der Waals surface area (Å²) in [5.74, 6) is -0.128. The molecule has 0 bridgehead atoms. The van der Waals surface area contributed by atoms with E-state index in [1.54, 1.807) is 48.2 Å². The molecule has 1 heterocycles. The monoisotopic (exact) mass is 465 g/mol. The molecule has 168 valence electrons. The molecule has 0 radical (unpaired) electrons. The van der Waals surface area contributed by atoms with Crippen LogP contribution in [0.2, 0.25) is 0 Å². The molecule has 1 aliphatic rings. The molecule has 1 atom stereocenters. The van der Waals surface area contributed by atoms with Gasteiger partial charge in [-0.2, -0.15) is 5.26 Å². The van der Waals surface area contributed by atoms with E-state index < -0.39 is 16.1 Å². The molecule has 1 N–H and O–H groups in total. The van der Waals surface area contributed by atoms with Gasteiger partial charge in [-0.05, 0) is 55.0 Å². The Morgan fingerprint density at radius 3 is 2.61 bits per heavy atom. The Morgan fingerprint density at radius 2 is 1.88 bits per heavy atom. The predicted molar refractivity (Wildman–Crippen MR) is 119 cm³/mol. The summed E-state index contributed by atoms with van der Waals surface area (Å²) < 4.78 is 47.3. The van der Waals surface area contributed by atoms with Crippen molar-refractivity contribution in [1.29, 1.82) is 5.26 Å². The van der Waals surface area contributed by atoms with Gasteiger partial charge in [0.2, 0.25) is 0 Å². The van der Waals surface area contributed by atoms with Gasteiger partial charge >= 0.3 is 0 Å². The number of carbonyl (C=O) groups excluding carboxylic acids is 1. The molecule has 1 unspecified atom stereocenters. The highest BCUT2D eigenvalue weighted by Gasteiger charge is 2.28. The Balaban J connectivity index is 1.62. The molecular formula is C24H20FN3O4S. The van der Waals surface area contributed by atoms with Crippen LogP contribution in [0.1, 0.15) is 23.6 Å². The van der Waals surface area contributed by atoms with Crippen molar-refractivity contribution in [3.05, 3.63) is 89.2 Å². The second-order valence-corrected chi connectivity index (χ2v) is 9.27. The molecule has 0 spiro atoms. The molecule has 9 heteroatoms. The fraction of sp³-hybridized carbons (Fsp3) is 0.167. The van der Waals surface area contributed by atoms with E-state index in [-0.39, 0.29) is 41.0 Å². The summed E-state index contributed by atoms with van der Waals surface area (Å²) >= 11 is 0. The number of fused-ring (bicyclic) bond motifs is 1. The van der Waals surface area contributed by atoms with Crippen LogP contribution in [0, 0.1) is 17.1 Å². The molecule has 0 aliphatic carbocycles. The van der Waals surface area contributed by atoms with E-state index in [0.29, 0.717) is 11.3 Å². The van der Waals surface area contributed by atoms with Crippen LogP contribution in [-0.4, -0.2) is 25.3 Å². The third-order valence-corrected chi connectivity index (χ3v) is 6.66. The lowest BCUT2D eigenvalue weighted by Crippen LogP contribution is -2.37. The van der Waals surface area contributed by atoms with Gasteiger partial charge in [0.15, 0.2) is 6.10 Å². The number of amides is 1. The number of nitrogens with one attached hydrogen (secondary N) is 1. The number of nitriles is 1. The van der Waals surface area contributed by atoms with Crippen molar-refractivity contribution in [3.8, 4) is 11.8 Å². The van der Waals surface area contributed by atoms with Crippen molar-refractivity contribution in [2.24, 2.45) is 0 Å². The van der Waals surface area contributed by atoms with Crippen LogP contribution in [0.25, 0.3) is 0 Å². The maximum absolute atomic E-state index is 13.2. The van der Waals surface area contributed by atoms with Gasteiger partial charge in [-0.15, -0.1) is 0 Å². The van der Waals surface area contributed by atoms with Crippen LogP contribution in [0.3, 0.4) is 0 Å². The molecule has 7 nitrogen and oxygen atoms in total. The van der Waals surface area contributed by atoms with Crippen molar-refractivity contribution in [3.63, 3.8) is 0 Å². The molecule has 0 fully saturated rings. The van der Waals surface area contributed by atoms with E-state index in [1.165, 1.54) is 30.3 Å². The van der Waals surface area contributed by atoms with Crippen molar-refractivity contribution < 1.29 is 22.3 Å². The SMILES string of the molecule is CC1Oc2ccc(NS(=O)(=O)c3ccccc3C#N)cc2CN(Cc2ccc(F)cc2)C1=O. The number of benzene rings is 3. The van der Waals surface area contributed by atoms with Crippen LogP contribution in [0.5, 0.6) is 5.75 Å². The molecule has 0 aromatic heterocycles. The molecule has 1 aliphatic heterocycles. The minimum atomic E-state index is -4.01. The highest BCUT2D eigenvalue weighted by molar-refractivity contribution is 7.92. The van der Waals surface area contributed by atoms with Gasteiger partial charge in [-0.3, -0.25) is 9.52 Å². The summed E-state index contributed by atoms with van der Waals surface area (Å²) in [5, 5.41) is 9.24. The van der Waals surface area contributed by atoms with Gasteiger partial charge in [0.1, 0.15) is 22.5 Å². The Labute approximate surface area is 191 Å². The molecule has 1 amide bonds. The van der Waals surface area contributed by atoms with Gasteiger partial charge in [-0.1, -0.05) is 24.3 Å². The zero-order valence-electron chi connectivity index (χ0n) is 17.7. The van der Waals surface area contributed by atoms with Crippen LogP contribution in [0.15, 0.2) is 71.6 Å². The summed E-state index contributed by atoms with van der Waals surface area (Å²) in [6.45, 7) is 2.07. The second-order valence-electron chi connectivity index (χ2n) is 7.62. The lowest BCUT2D eigenvalue weighted by Gasteiger charge is -2.22. The fourth-order valence-corrected chi connectivity index (χ4v) is 4.82. The Morgan fingerprint density at radius 1 is 1.15 bits per heavy atom. The summed E-state index contributed by atoms with van der Waals surface area (Å²) in [4.78, 5) is 14.3. The zero-order valence-corrected chi connectivity index (χ0v) is 18.5. The average molecular weight is 466 g/mol. The lowest BCUT2D eigenvalue weighted by molar-refractivity contribution is -0.138. The lowest BCUT2D eigenvalue weighted by atomic mass is 10.1. The highest BCUT2D eigenvalue weighted by Crippen LogP contribution is 2.30. The minimum absolute atomic E-state index is 0.0352. The number of rotatable bonds is 5. The number of ether oxygens (including phenoxy) is 1. The van der Waals surface area contributed by atoms with Gasteiger partial charge in [0.25, 0.3) is 15.9 Å². The largest absolute Gasteiger partial charge is 0.481 e. The van der Waals surface area contributed by atoms with Crippen molar-refractivity contribution >= 4 is 21.6 Å². The molecule has 3 aromatic rings. The van der Waals surface area contributed by atoms with Gasteiger partial charge < -0.3 is 9.64 Å². The zero-order chi connectivity index (χ0) is 23.6. The summed E-state index contributed by atoms with van der Waals surface area (Å²) in [7, 11) is -4.01. The molecule has 0 saturated heterocycles. The number of nitrogens with zero attached hydrogens (tertiary/aromatic N) is 2. The van der Waals surface area contributed by atoms with Crippen molar-refractivity contribution in [2.75, 3.05) is 4.72 Å². The van der Waals surface area contributed by atoms with Crippen LogP contribution < -0.4 is 9.46 Å². The van der Waals surface area contributed by atoms with E-state index in [0.717, 1.165) is 5.56 Å². The predicted octanol–water partition coefficient (Wildman–Crippen LogP) is 3.81. The quantitative estimate of drug-likeness (QED) is 0.618. The Hall–Kier alpha value is -3.90. The first-order valence-electron chi connectivity index (χ1n) is 10.1. The first-order chi connectivity index (χ1) is 15.8. The normalized spacial score (nSPS) is 15.7. The smallest absolute Gasteiger partial charge is 0.263 e. The fourth-order valence-electron chi connectivity index (χ4n) is 3.61. The summed E-state index contributed by atoms with van der Waals surface area (Å²) in [6.07, 6.45) is -0.739. The number of carbonyl (C=O) groups is 1. The second kappa shape index (κ2) is 8.92. The van der Waals surface area contributed by atoms with Gasteiger partial charge in [-0.25, -0.2) is 12.8 Å². The highest BCUT2D eigenvalue weighted by atomic mass is 32.2. The van der Waals surface area contributed by atoms with E-state index in [2.05, 4.69) is 4.72 Å². The third kappa shape index (κ3) is 4.81. The number of anilines is 1. The third-order valence-electron chi connectivity index (χ3n) is 5.22. The van der Waals surface area contributed by atoms with E-state index >= 15 is 0 Å². The first kappa shape index (κ1) is 22.3. The van der Waals surface area contributed by atoms with Crippen LogP contribution in [0.4, 0.5) is 10.1 Å². The van der Waals surface area contributed by atoms with Crippen molar-refractivity contribution in [1.82, 2.24) is 4.90 Å². The van der Waals surface area contributed by atoms with Crippen LogP contribution >= 0.6 is 0 Å². The average Bonchev–Trinajstić information content (AvgIpc) is 2.91. The van der Waals surface area contributed by atoms with E-state index in [9.17, 15) is 22.9 Å². The maximum atomic E-state index is 13.2. The Kier molecular flexibility index (Phi) is 6.03. The molecule has 0 saturated carbocycles. The molecule has 4 rings (SSSR count). The standard InChI is InChI=1S/C24H20FN3O4S/c1-16-24(29)28(14-17-6-8-20(25)9-7-17)15-19-12-21(10-11-22(19)32-16)27-33(30,31)23-5-3-2-4-18(23)13-26/h2-12,16,27H,14-15H2,1H3. The summed E-state index contributed by atoms with van der Waals surface area (Å²) in [5.41, 5.74) is 1.68. The van der Waals surface area contributed by atoms with E-state index in [1.807, 2.05) is 6.07 Å². The number of halogens is 1. The minimum Gasteiger partial charge on any atom is -0.481 e. The number of sulfonamides is 1. The van der Waals surface area contributed by atoms with Gasteiger partial charge in [0.05, 0.1) is 5.56 Å². The van der Waals surface area contributed by atoms with Crippen molar-refractivity contribution in [2.45, 2.75) is 31.0 Å².